The first-order chi connectivity index (χ1) is 12.8. The molecule has 1 fully saturated rings. The summed E-state index contributed by atoms with van der Waals surface area (Å²) in [5.41, 5.74) is 2.06. The molecule has 0 spiro atoms. The van der Waals surface area contributed by atoms with Crippen molar-refractivity contribution in [3.8, 4) is 5.75 Å². The van der Waals surface area contributed by atoms with Crippen molar-refractivity contribution in [3.05, 3.63) is 59.4 Å². The van der Waals surface area contributed by atoms with Gasteiger partial charge in [-0.3, -0.25) is 4.90 Å². The third kappa shape index (κ3) is 5.04. The first-order valence-electron chi connectivity index (χ1n) is 8.71. The number of halogens is 1. The summed E-state index contributed by atoms with van der Waals surface area (Å²) in [5, 5.41) is 5.03. The Balaban J connectivity index is 1.77. The van der Waals surface area contributed by atoms with Crippen LogP contribution < -0.4 is 9.88 Å². The van der Waals surface area contributed by atoms with Crippen LogP contribution in [0.5, 0.6) is 5.75 Å². The SMILES string of the molecule is C[C@@H](Oc1ccc(S(N)(=O)=O)cc1F)c1ccccc1CN1CCOCC1. The second-order valence-electron chi connectivity index (χ2n) is 6.48. The highest BCUT2D eigenvalue weighted by molar-refractivity contribution is 7.89. The summed E-state index contributed by atoms with van der Waals surface area (Å²) in [6.45, 7) is 5.78. The molecule has 1 saturated heterocycles. The van der Waals surface area contributed by atoms with Crippen molar-refractivity contribution in [1.82, 2.24) is 4.90 Å². The zero-order chi connectivity index (χ0) is 19.4. The molecule has 2 aromatic rings. The maximum atomic E-state index is 14.3. The van der Waals surface area contributed by atoms with Gasteiger partial charge in [-0.2, -0.15) is 0 Å². The van der Waals surface area contributed by atoms with Crippen molar-refractivity contribution in [3.63, 3.8) is 0 Å². The van der Waals surface area contributed by atoms with E-state index in [2.05, 4.69) is 4.90 Å². The van der Waals surface area contributed by atoms with E-state index in [0.29, 0.717) is 0 Å². The Morgan fingerprint density at radius 1 is 1.22 bits per heavy atom. The number of hydrogen-bond acceptors (Lipinski definition) is 5. The number of nitrogens with zero attached hydrogens (tertiary/aromatic N) is 1. The summed E-state index contributed by atoms with van der Waals surface area (Å²) in [7, 11) is -3.96. The summed E-state index contributed by atoms with van der Waals surface area (Å²) in [5.74, 6) is -0.782. The fourth-order valence-electron chi connectivity index (χ4n) is 3.08. The number of morpholine rings is 1. The predicted molar refractivity (Wildman–Crippen MR) is 99.4 cm³/mol. The van der Waals surface area contributed by atoms with E-state index in [1.807, 2.05) is 31.2 Å². The predicted octanol–water partition coefficient (Wildman–Crippen LogP) is 2.45. The molecule has 6 nitrogen and oxygen atoms in total. The monoisotopic (exact) mass is 394 g/mol. The molecular formula is C19H23FN2O4S. The second kappa shape index (κ2) is 8.35. The minimum absolute atomic E-state index is 0.0175. The lowest BCUT2D eigenvalue weighted by molar-refractivity contribution is 0.0338. The van der Waals surface area contributed by atoms with Crippen LogP contribution in [0.15, 0.2) is 47.4 Å². The van der Waals surface area contributed by atoms with E-state index in [9.17, 15) is 12.8 Å². The second-order valence-corrected chi connectivity index (χ2v) is 8.05. The molecule has 0 aromatic heterocycles. The van der Waals surface area contributed by atoms with Gasteiger partial charge in [-0.25, -0.2) is 17.9 Å². The van der Waals surface area contributed by atoms with Crippen molar-refractivity contribution in [2.75, 3.05) is 26.3 Å². The minimum Gasteiger partial charge on any atom is -0.483 e. The fraction of sp³-hybridized carbons (Fsp3) is 0.368. The number of hydrogen-bond donors (Lipinski definition) is 1. The number of nitrogens with two attached hydrogens (primary N) is 1. The summed E-state index contributed by atoms with van der Waals surface area (Å²) in [6.07, 6.45) is -0.405. The molecule has 1 atom stereocenters. The third-order valence-corrected chi connectivity index (χ3v) is 5.44. The van der Waals surface area contributed by atoms with E-state index in [1.165, 1.54) is 12.1 Å². The van der Waals surface area contributed by atoms with Crippen LogP contribution in [0.3, 0.4) is 0 Å². The number of sulfonamides is 1. The van der Waals surface area contributed by atoms with E-state index in [4.69, 9.17) is 14.6 Å². The molecule has 1 aliphatic heterocycles. The molecule has 0 unspecified atom stereocenters. The van der Waals surface area contributed by atoms with Crippen LogP contribution >= 0.6 is 0 Å². The zero-order valence-corrected chi connectivity index (χ0v) is 15.9. The van der Waals surface area contributed by atoms with Crippen molar-refractivity contribution < 1.29 is 22.3 Å². The van der Waals surface area contributed by atoms with Crippen LogP contribution in [0, 0.1) is 5.82 Å². The summed E-state index contributed by atoms with van der Waals surface area (Å²) in [4.78, 5) is 2.02. The van der Waals surface area contributed by atoms with Gasteiger partial charge in [0.15, 0.2) is 11.6 Å². The molecule has 27 heavy (non-hydrogen) atoms. The van der Waals surface area contributed by atoms with Gasteiger partial charge in [0.2, 0.25) is 10.0 Å². The first-order valence-corrected chi connectivity index (χ1v) is 10.3. The largest absolute Gasteiger partial charge is 0.483 e. The molecule has 2 aromatic carbocycles. The highest BCUT2D eigenvalue weighted by atomic mass is 32.2. The highest BCUT2D eigenvalue weighted by Crippen LogP contribution is 2.28. The topological polar surface area (TPSA) is 81.9 Å². The molecule has 0 radical (unpaired) electrons. The van der Waals surface area contributed by atoms with Crippen LogP contribution in [0.25, 0.3) is 0 Å². The van der Waals surface area contributed by atoms with Gasteiger partial charge in [0, 0.05) is 19.6 Å². The van der Waals surface area contributed by atoms with Gasteiger partial charge in [-0.15, -0.1) is 0 Å². The molecule has 1 heterocycles. The molecular weight excluding hydrogens is 371 g/mol. The van der Waals surface area contributed by atoms with Crippen LogP contribution in [0.2, 0.25) is 0 Å². The van der Waals surface area contributed by atoms with Gasteiger partial charge in [0.1, 0.15) is 6.10 Å². The van der Waals surface area contributed by atoms with Crippen LogP contribution in [-0.2, 0) is 21.3 Å². The first kappa shape index (κ1) is 19.8. The van der Waals surface area contributed by atoms with Gasteiger partial charge < -0.3 is 9.47 Å². The van der Waals surface area contributed by atoms with E-state index < -0.39 is 21.9 Å². The smallest absolute Gasteiger partial charge is 0.238 e. The van der Waals surface area contributed by atoms with Gasteiger partial charge >= 0.3 is 0 Å². The fourth-order valence-corrected chi connectivity index (χ4v) is 3.61. The lowest BCUT2D eigenvalue weighted by atomic mass is 10.0. The molecule has 0 saturated carbocycles. The average Bonchev–Trinajstić information content (AvgIpc) is 2.64. The Kier molecular flexibility index (Phi) is 6.11. The molecule has 3 rings (SSSR count). The maximum absolute atomic E-state index is 14.3. The standard InChI is InChI=1S/C19H23FN2O4S/c1-14(26-19-7-6-16(12-18(19)20)27(21,23)24)17-5-3-2-4-15(17)13-22-8-10-25-11-9-22/h2-7,12,14H,8-11,13H2,1H3,(H2,21,23,24)/t14-/m1/s1. The Morgan fingerprint density at radius 3 is 2.59 bits per heavy atom. The maximum Gasteiger partial charge on any atom is 0.238 e. The van der Waals surface area contributed by atoms with E-state index >= 15 is 0 Å². The number of benzene rings is 2. The molecule has 0 amide bonds. The van der Waals surface area contributed by atoms with E-state index in [0.717, 1.165) is 50.0 Å². The van der Waals surface area contributed by atoms with Crippen molar-refractivity contribution >= 4 is 10.0 Å². The molecule has 1 aliphatic rings. The third-order valence-electron chi connectivity index (χ3n) is 4.53. The van der Waals surface area contributed by atoms with E-state index in [-0.39, 0.29) is 10.6 Å². The molecule has 8 heteroatoms. The zero-order valence-electron chi connectivity index (χ0n) is 15.1. The number of rotatable bonds is 6. The molecule has 0 bridgehead atoms. The van der Waals surface area contributed by atoms with Crippen LogP contribution in [0.4, 0.5) is 4.39 Å². The van der Waals surface area contributed by atoms with E-state index in [1.54, 1.807) is 0 Å². The quantitative estimate of drug-likeness (QED) is 0.814. The van der Waals surface area contributed by atoms with Gasteiger partial charge in [-0.1, -0.05) is 24.3 Å². The summed E-state index contributed by atoms with van der Waals surface area (Å²) >= 11 is 0. The minimum atomic E-state index is -3.96. The lowest BCUT2D eigenvalue weighted by Crippen LogP contribution is -2.36. The Morgan fingerprint density at radius 2 is 1.93 bits per heavy atom. The van der Waals surface area contributed by atoms with Crippen molar-refractivity contribution in [2.45, 2.75) is 24.5 Å². The summed E-state index contributed by atoms with van der Waals surface area (Å²) in [6, 6.07) is 11.3. The lowest BCUT2D eigenvalue weighted by Gasteiger charge is -2.28. The Hall–Kier alpha value is -2.00. The van der Waals surface area contributed by atoms with Crippen molar-refractivity contribution in [2.24, 2.45) is 5.14 Å². The van der Waals surface area contributed by atoms with Crippen LogP contribution in [-0.4, -0.2) is 39.6 Å². The molecule has 146 valence electrons. The molecule has 0 aliphatic carbocycles. The Labute approximate surface area is 158 Å². The highest BCUT2D eigenvalue weighted by Gasteiger charge is 2.18. The molecule has 2 N–H and O–H groups in total. The Bertz CT molecular complexity index is 898. The average molecular weight is 394 g/mol. The van der Waals surface area contributed by atoms with Crippen LogP contribution in [0.1, 0.15) is 24.2 Å². The normalized spacial score (nSPS) is 16.9. The number of ether oxygens (including phenoxy) is 2. The number of primary sulfonamides is 1. The van der Waals surface area contributed by atoms with Gasteiger partial charge in [-0.05, 0) is 36.2 Å². The summed E-state index contributed by atoms with van der Waals surface area (Å²) < 4.78 is 48.1. The van der Waals surface area contributed by atoms with Crippen molar-refractivity contribution in [1.29, 1.82) is 0 Å². The van der Waals surface area contributed by atoms with Gasteiger partial charge in [0.25, 0.3) is 0 Å². The van der Waals surface area contributed by atoms with Gasteiger partial charge in [0.05, 0.1) is 18.1 Å².